The first-order chi connectivity index (χ1) is 16.7. The molecule has 1 amide bonds. The lowest BCUT2D eigenvalue weighted by Gasteiger charge is -2.25. The van der Waals surface area contributed by atoms with E-state index in [1.165, 1.54) is 0 Å². The van der Waals surface area contributed by atoms with Gasteiger partial charge in [-0.05, 0) is 28.7 Å². The monoisotopic (exact) mass is 496 g/mol. The number of hydrogen-bond acceptors (Lipinski definition) is 5. The summed E-state index contributed by atoms with van der Waals surface area (Å²) in [7, 11) is -4.08. The average molecular weight is 497 g/mol. The van der Waals surface area contributed by atoms with Gasteiger partial charge in [-0.2, -0.15) is 0 Å². The van der Waals surface area contributed by atoms with Gasteiger partial charge in [0.1, 0.15) is 11.8 Å². The summed E-state index contributed by atoms with van der Waals surface area (Å²) in [6, 6.07) is 24.1. The lowest BCUT2D eigenvalue weighted by atomic mass is 9.97. The number of benzene rings is 3. The summed E-state index contributed by atoms with van der Waals surface area (Å²) in [6.45, 7) is -0.806. The molecular weight excluding hydrogens is 467 g/mol. The smallest absolute Gasteiger partial charge is 0.328 e. The molecule has 0 heterocycles. The van der Waals surface area contributed by atoms with Crippen LogP contribution in [0.5, 0.6) is 0 Å². The first kappa shape index (κ1) is 26.3. The number of rotatable bonds is 11. The van der Waals surface area contributed by atoms with Gasteiger partial charge in [-0.15, -0.1) is 0 Å². The fourth-order valence-corrected chi connectivity index (χ4v) is 5.57. The summed E-state index contributed by atoms with van der Waals surface area (Å²) in [4.78, 5) is 35.1. The van der Waals surface area contributed by atoms with Crippen LogP contribution in [0, 0.1) is 5.92 Å². The molecule has 0 fully saturated rings. The van der Waals surface area contributed by atoms with E-state index in [1.807, 2.05) is 54.6 Å². The van der Waals surface area contributed by atoms with Gasteiger partial charge in [0.05, 0.1) is 12.5 Å². The maximum Gasteiger partial charge on any atom is 0.328 e. The van der Waals surface area contributed by atoms with Crippen molar-refractivity contribution >= 4 is 19.2 Å². The molecule has 9 heteroatoms. The Labute approximate surface area is 203 Å². The third kappa shape index (κ3) is 7.10. The van der Waals surface area contributed by atoms with Crippen LogP contribution in [-0.4, -0.2) is 45.8 Å². The lowest BCUT2D eigenvalue weighted by Crippen LogP contribution is -2.47. The van der Waals surface area contributed by atoms with E-state index in [9.17, 15) is 29.3 Å². The zero-order chi connectivity index (χ0) is 25.4. The molecule has 1 unspecified atom stereocenters. The van der Waals surface area contributed by atoms with Crippen LogP contribution < -0.4 is 11.1 Å². The second-order valence-electron chi connectivity index (χ2n) is 8.34. The van der Waals surface area contributed by atoms with Gasteiger partial charge in [0.2, 0.25) is 13.3 Å². The Morgan fingerprint density at radius 2 is 1.43 bits per heavy atom. The van der Waals surface area contributed by atoms with Crippen molar-refractivity contribution in [2.24, 2.45) is 11.7 Å². The molecule has 35 heavy (non-hydrogen) atoms. The molecular formula is C26H29N2O6P. The standard InChI is InChI=1S/C26H29N2O6P/c27-24(21-9-5-2-6-10-21)35(33,34)17-22(25(30)28-23(16-29)26(31)32)15-18-11-13-20(14-12-18)19-7-3-1-4-8-19/h1-14,22-24,29H,15-17,27H2,(H,28,30)(H,31,32)(H,33,34)/t22-,23+,24-/m1/s1. The highest BCUT2D eigenvalue weighted by molar-refractivity contribution is 7.58. The third-order valence-corrected chi connectivity index (χ3v) is 7.90. The molecule has 3 rings (SSSR count). The fourth-order valence-electron chi connectivity index (χ4n) is 3.78. The van der Waals surface area contributed by atoms with Crippen molar-refractivity contribution in [1.29, 1.82) is 0 Å². The minimum atomic E-state index is -4.08. The number of carboxylic acid groups (broad SMARTS) is 1. The van der Waals surface area contributed by atoms with Gasteiger partial charge in [0, 0.05) is 6.16 Å². The Morgan fingerprint density at radius 3 is 1.97 bits per heavy atom. The molecule has 0 aliphatic rings. The van der Waals surface area contributed by atoms with E-state index >= 15 is 0 Å². The molecule has 3 aromatic rings. The molecule has 0 radical (unpaired) electrons. The van der Waals surface area contributed by atoms with Gasteiger partial charge in [-0.3, -0.25) is 9.36 Å². The first-order valence-corrected chi connectivity index (χ1v) is 13.0. The molecule has 0 spiro atoms. The van der Waals surface area contributed by atoms with Gasteiger partial charge in [-0.25, -0.2) is 4.79 Å². The van der Waals surface area contributed by atoms with Crippen molar-refractivity contribution in [2.45, 2.75) is 18.2 Å². The molecule has 0 saturated heterocycles. The summed E-state index contributed by atoms with van der Waals surface area (Å²) in [5.74, 6) is -4.39. The zero-order valence-corrected chi connectivity index (χ0v) is 19.9. The summed E-state index contributed by atoms with van der Waals surface area (Å²) in [5.41, 5.74) is 9.28. The fraction of sp³-hybridized carbons (Fsp3) is 0.231. The van der Waals surface area contributed by atoms with Gasteiger partial charge >= 0.3 is 5.97 Å². The van der Waals surface area contributed by atoms with E-state index < -0.39 is 49.8 Å². The van der Waals surface area contributed by atoms with E-state index in [0.29, 0.717) is 5.56 Å². The number of carbonyl (C=O) groups excluding carboxylic acids is 1. The predicted molar refractivity (Wildman–Crippen MR) is 134 cm³/mol. The van der Waals surface area contributed by atoms with Gasteiger partial charge in [0.25, 0.3) is 0 Å². The lowest BCUT2D eigenvalue weighted by molar-refractivity contribution is -0.143. The maximum atomic E-state index is 13.2. The molecule has 0 saturated carbocycles. The minimum Gasteiger partial charge on any atom is -0.480 e. The summed E-state index contributed by atoms with van der Waals surface area (Å²) >= 11 is 0. The first-order valence-electron chi connectivity index (χ1n) is 11.1. The topological polar surface area (TPSA) is 150 Å². The second-order valence-corrected chi connectivity index (χ2v) is 10.8. The predicted octanol–water partition coefficient (Wildman–Crippen LogP) is 3.00. The van der Waals surface area contributed by atoms with E-state index in [4.69, 9.17) is 5.73 Å². The van der Waals surface area contributed by atoms with Crippen molar-refractivity contribution in [3.63, 3.8) is 0 Å². The van der Waals surface area contributed by atoms with Crippen LogP contribution in [-0.2, 0) is 20.6 Å². The number of nitrogens with two attached hydrogens (primary N) is 1. The van der Waals surface area contributed by atoms with Crippen LogP contribution >= 0.6 is 7.37 Å². The quantitative estimate of drug-likeness (QED) is 0.256. The Hall–Kier alpha value is -3.29. The Kier molecular flexibility index (Phi) is 8.95. The molecule has 8 nitrogen and oxygen atoms in total. The van der Waals surface area contributed by atoms with Crippen molar-refractivity contribution in [3.05, 3.63) is 96.1 Å². The Bertz CT molecular complexity index is 1170. The highest BCUT2D eigenvalue weighted by Gasteiger charge is 2.36. The van der Waals surface area contributed by atoms with E-state index in [1.54, 1.807) is 30.3 Å². The summed E-state index contributed by atoms with van der Waals surface area (Å²) in [6.07, 6.45) is -0.363. The number of nitrogens with one attached hydrogen (secondary N) is 1. The van der Waals surface area contributed by atoms with Crippen LogP contribution in [0.25, 0.3) is 11.1 Å². The third-order valence-electron chi connectivity index (χ3n) is 5.77. The highest BCUT2D eigenvalue weighted by Crippen LogP contribution is 2.54. The summed E-state index contributed by atoms with van der Waals surface area (Å²) in [5, 5.41) is 20.8. The SMILES string of the molecule is N[C@@H](c1ccccc1)P(=O)(O)C[C@@H](Cc1ccc(-c2ccccc2)cc1)C(=O)N[C@@H](CO)C(=O)O. The highest BCUT2D eigenvalue weighted by atomic mass is 31.2. The minimum absolute atomic E-state index is 0.0880. The number of amides is 1. The number of aliphatic hydroxyl groups is 1. The van der Waals surface area contributed by atoms with Crippen molar-refractivity contribution in [1.82, 2.24) is 5.32 Å². The van der Waals surface area contributed by atoms with Crippen LogP contribution in [0.3, 0.4) is 0 Å². The van der Waals surface area contributed by atoms with Crippen LogP contribution in [0.4, 0.5) is 0 Å². The number of aliphatic hydroxyl groups excluding tert-OH is 1. The second kappa shape index (κ2) is 11.9. The van der Waals surface area contributed by atoms with Crippen molar-refractivity contribution in [2.75, 3.05) is 12.8 Å². The molecule has 3 aromatic carbocycles. The van der Waals surface area contributed by atoms with E-state index in [2.05, 4.69) is 5.32 Å². The molecule has 6 N–H and O–H groups in total. The number of carboxylic acids is 1. The molecule has 0 aliphatic carbocycles. The molecule has 0 aromatic heterocycles. The number of carbonyl (C=O) groups is 2. The largest absolute Gasteiger partial charge is 0.480 e. The zero-order valence-electron chi connectivity index (χ0n) is 19.0. The van der Waals surface area contributed by atoms with Crippen LogP contribution in [0.2, 0.25) is 0 Å². The summed E-state index contributed by atoms with van der Waals surface area (Å²) < 4.78 is 13.2. The Balaban J connectivity index is 1.84. The average Bonchev–Trinajstić information content (AvgIpc) is 2.87. The normalized spacial score (nSPS) is 15.4. The molecule has 0 aliphatic heterocycles. The molecule has 184 valence electrons. The molecule has 4 atom stereocenters. The van der Waals surface area contributed by atoms with Crippen LogP contribution in [0.15, 0.2) is 84.9 Å². The van der Waals surface area contributed by atoms with Crippen molar-refractivity contribution < 1.29 is 29.3 Å². The van der Waals surface area contributed by atoms with E-state index in [0.717, 1.165) is 16.7 Å². The number of hydrogen-bond donors (Lipinski definition) is 5. The van der Waals surface area contributed by atoms with Crippen LogP contribution in [0.1, 0.15) is 16.9 Å². The van der Waals surface area contributed by atoms with Gasteiger partial charge in [0.15, 0.2) is 0 Å². The van der Waals surface area contributed by atoms with E-state index in [-0.39, 0.29) is 6.42 Å². The van der Waals surface area contributed by atoms with Gasteiger partial charge < -0.3 is 26.2 Å². The van der Waals surface area contributed by atoms with Crippen molar-refractivity contribution in [3.8, 4) is 11.1 Å². The Morgan fingerprint density at radius 1 is 0.886 bits per heavy atom. The number of aliphatic carboxylic acids is 1. The van der Waals surface area contributed by atoms with Gasteiger partial charge in [-0.1, -0.05) is 84.9 Å². The molecule has 0 bridgehead atoms. The maximum absolute atomic E-state index is 13.2.